The summed E-state index contributed by atoms with van der Waals surface area (Å²) in [5.74, 6) is 0.687. The number of hydrogen-bond donors (Lipinski definition) is 3. The fraction of sp³-hybridized carbons (Fsp3) is 0.355. The number of halogens is 1. The maximum Gasteiger partial charge on any atom is 0.263 e. The highest BCUT2D eigenvalue weighted by Gasteiger charge is 2.54. The topological polar surface area (TPSA) is 91.9 Å². The Labute approximate surface area is 240 Å². The summed E-state index contributed by atoms with van der Waals surface area (Å²) in [7, 11) is 1.60. The molecule has 3 aromatic rings. The summed E-state index contributed by atoms with van der Waals surface area (Å²) in [4.78, 5) is 28.6. The van der Waals surface area contributed by atoms with Gasteiger partial charge >= 0.3 is 0 Å². The van der Waals surface area contributed by atoms with Gasteiger partial charge in [0.25, 0.3) is 5.91 Å². The van der Waals surface area contributed by atoms with Crippen molar-refractivity contribution >= 4 is 23.4 Å². The first-order valence-electron chi connectivity index (χ1n) is 13.5. The molecule has 8 nitrogen and oxygen atoms in total. The van der Waals surface area contributed by atoms with Gasteiger partial charge in [-0.1, -0.05) is 53.6 Å². The molecule has 2 heterocycles. The first-order valence-corrected chi connectivity index (χ1v) is 13.9. The summed E-state index contributed by atoms with van der Waals surface area (Å²) in [5.41, 5.74) is 2.31. The van der Waals surface area contributed by atoms with Crippen molar-refractivity contribution in [2.24, 2.45) is 0 Å². The number of nitrogens with one attached hydrogen (secondary N) is 3. The lowest BCUT2D eigenvalue weighted by atomic mass is 9.94. The summed E-state index contributed by atoms with van der Waals surface area (Å²) in [5, 5.41) is 10.8. The number of carbonyl (C=O) groups is 2. The molecule has 3 N–H and O–H groups in total. The fourth-order valence-corrected chi connectivity index (χ4v) is 5.62. The Hall–Kier alpha value is -3.59. The van der Waals surface area contributed by atoms with E-state index in [2.05, 4.69) is 28.1 Å². The van der Waals surface area contributed by atoms with Gasteiger partial charge < -0.3 is 19.7 Å². The number of methoxy groups -OCH3 is 1. The Morgan fingerprint density at radius 1 is 1.02 bits per heavy atom. The lowest BCUT2D eigenvalue weighted by molar-refractivity contribution is -0.144. The van der Waals surface area contributed by atoms with Crippen LogP contribution in [0.1, 0.15) is 48.2 Å². The zero-order valence-corrected chi connectivity index (χ0v) is 23.9. The molecular weight excluding hydrogens is 528 g/mol. The van der Waals surface area contributed by atoms with Crippen LogP contribution in [0.25, 0.3) is 0 Å². The summed E-state index contributed by atoms with van der Waals surface area (Å²) in [6.07, 6.45) is -0.153. The van der Waals surface area contributed by atoms with E-state index in [1.54, 1.807) is 18.1 Å². The van der Waals surface area contributed by atoms with Crippen molar-refractivity contribution in [3.05, 3.63) is 94.0 Å². The fourth-order valence-electron chi connectivity index (χ4n) is 5.49. The zero-order chi connectivity index (χ0) is 28.4. The molecule has 0 radical (unpaired) electrons. The second kappa shape index (κ2) is 11.5. The van der Waals surface area contributed by atoms with E-state index in [-0.39, 0.29) is 36.5 Å². The van der Waals surface area contributed by atoms with Crippen LogP contribution in [0.15, 0.2) is 66.7 Å². The van der Waals surface area contributed by atoms with Gasteiger partial charge in [-0.3, -0.25) is 20.2 Å². The lowest BCUT2D eigenvalue weighted by Gasteiger charge is -2.38. The van der Waals surface area contributed by atoms with Crippen molar-refractivity contribution in [2.75, 3.05) is 26.7 Å². The highest BCUT2D eigenvalue weighted by atomic mass is 35.5. The highest BCUT2D eigenvalue weighted by molar-refractivity contribution is 6.30. The van der Waals surface area contributed by atoms with Crippen LogP contribution in [0, 0.1) is 6.92 Å². The van der Waals surface area contributed by atoms with Crippen molar-refractivity contribution < 1.29 is 19.1 Å². The Morgan fingerprint density at radius 3 is 2.40 bits per heavy atom. The van der Waals surface area contributed by atoms with E-state index in [9.17, 15) is 9.59 Å². The maximum absolute atomic E-state index is 14.6. The van der Waals surface area contributed by atoms with Gasteiger partial charge in [-0.25, -0.2) is 0 Å². The second-order valence-corrected chi connectivity index (χ2v) is 11.0. The summed E-state index contributed by atoms with van der Waals surface area (Å²) >= 11 is 6.24. The van der Waals surface area contributed by atoms with Gasteiger partial charge in [0, 0.05) is 29.7 Å². The minimum atomic E-state index is -1.41. The molecule has 2 saturated heterocycles. The predicted molar refractivity (Wildman–Crippen MR) is 154 cm³/mol. The van der Waals surface area contributed by atoms with Gasteiger partial charge in [0.2, 0.25) is 5.91 Å². The van der Waals surface area contributed by atoms with Crippen molar-refractivity contribution in [1.82, 2.24) is 20.9 Å². The van der Waals surface area contributed by atoms with Gasteiger partial charge in [-0.2, -0.15) is 0 Å². The molecule has 0 bridgehead atoms. The number of rotatable bonds is 7. The van der Waals surface area contributed by atoms with Crippen LogP contribution in [0.3, 0.4) is 0 Å². The molecule has 40 heavy (non-hydrogen) atoms. The molecule has 9 heteroatoms. The molecule has 2 amide bonds. The molecular formula is C31H35ClN4O4. The van der Waals surface area contributed by atoms with E-state index in [1.807, 2.05) is 69.3 Å². The van der Waals surface area contributed by atoms with Crippen molar-refractivity contribution in [3.63, 3.8) is 0 Å². The van der Waals surface area contributed by atoms with E-state index in [0.717, 1.165) is 16.7 Å². The Kier molecular flexibility index (Phi) is 8.03. The van der Waals surface area contributed by atoms with E-state index < -0.39 is 5.66 Å². The summed E-state index contributed by atoms with van der Waals surface area (Å²) in [6.45, 7) is 6.68. The number of ether oxygens (including phenoxy) is 2. The third-order valence-corrected chi connectivity index (χ3v) is 7.56. The molecule has 2 aliphatic rings. The molecule has 0 saturated carbocycles. The molecule has 2 aliphatic heterocycles. The molecule has 0 aromatic heterocycles. The van der Waals surface area contributed by atoms with Gasteiger partial charge in [0.05, 0.1) is 31.8 Å². The van der Waals surface area contributed by atoms with E-state index in [1.165, 1.54) is 0 Å². The van der Waals surface area contributed by atoms with Crippen LogP contribution in [0.4, 0.5) is 0 Å². The number of aryl methyl sites for hydroxylation is 1. The van der Waals surface area contributed by atoms with E-state index in [4.69, 9.17) is 21.1 Å². The van der Waals surface area contributed by atoms with Crippen LogP contribution in [-0.4, -0.2) is 49.6 Å². The number of carbonyl (C=O) groups excluding carboxylic acids is 2. The third kappa shape index (κ3) is 5.52. The number of amides is 2. The van der Waals surface area contributed by atoms with Crippen LogP contribution >= 0.6 is 11.6 Å². The quantitative estimate of drug-likeness (QED) is 0.399. The smallest absolute Gasteiger partial charge is 0.263 e. The van der Waals surface area contributed by atoms with E-state index in [0.29, 0.717) is 35.2 Å². The average Bonchev–Trinajstić information content (AvgIpc) is 3.34. The zero-order valence-electron chi connectivity index (χ0n) is 23.2. The first-order chi connectivity index (χ1) is 19.2. The Balaban J connectivity index is 1.71. The number of benzene rings is 3. The average molecular weight is 563 g/mol. The molecule has 2 fully saturated rings. The lowest BCUT2D eigenvalue weighted by Crippen LogP contribution is -2.62. The Morgan fingerprint density at radius 2 is 1.75 bits per heavy atom. The van der Waals surface area contributed by atoms with Crippen LogP contribution in [0.5, 0.6) is 11.5 Å². The van der Waals surface area contributed by atoms with Gasteiger partial charge in [0.15, 0.2) is 5.66 Å². The van der Waals surface area contributed by atoms with Crippen molar-refractivity contribution in [1.29, 1.82) is 0 Å². The second-order valence-electron chi connectivity index (χ2n) is 10.6. The van der Waals surface area contributed by atoms with Crippen molar-refractivity contribution in [2.45, 2.75) is 44.6 Å². The minimum absolute atomic E-state index is 0.0266. The van der Waals surface area contributed by atoms with Crippen LogP contribution in [0.2, 0.25) is 5.02 Å². The SMILES string of the molecule is COc1ccc(C2(C(=O)N3CCNC(=O)C3)N[C@H](c3ccc(Cl)cc3)[C@H](c3cccc(C)c3)N2)c(OC(C)C)c1. The number of nitrogens with zero attached hydrogens (tertiary/aromatic N) is 1. The molecule has 1 unspecified atom stereocenters. The molecule has 3 aromatic carbocycles. The number of piperazine rings is 1. The largest absolute Gasteiger partial charge is 0.497 e. The third-order valence-electron chi connectivity index (χ3n) is 7.31. The summed E-state index contributed by atoms with van der Waals surface area (Å²) < 4.78 is 11.8. The summed E-state index contributed by atoms with van der Waals surface area (Å²) in [6, 6.07) is 20.8. The standard InChI is InChI=1S/C31H35ClN4O4/c1-19(2)40-26-17-24(39-4)12-13-25(26)31(30(38)36-15-14-33-27(37)18-36)34-28(21-8-10-23(32)11-9-21)29(35-31)22-7-5-6-20(3)16-22/h5-13,16-17,19,28-29,34-35H,14-15,18H2,1-4H3,(H,33,37)/t28-,29+,31?/m1/s1. The van der Waals surface area contributed by atoms with Gasteiger partial charge in [-0.15, -0.1) is 0 Å². The highest BCUT2D eigenvalue weighted by Crippen LogP contribution is 2.45. The van der Waals surface area contributed by atoms with Gasteiger partial charge in [0.1, 0.15) is 11.5 Å². The van der Waals surface area contributed by atoms with Crippen molar-refractivity contribution in [3.8, 4) is 11.5 Å². The molecule has 0 spiro atoms. The minimum Gasteiger partial charge on any atom is -0.497 e. The Bertz CT molecular complexity index is 1400. The number of hydrogen-bond acceptors (Lipinski definition) is 6. The monoisotopic (exact) mass is 562 g/mol. The normalized spacial score (nSPS) is 22.8. The maximum atomic E-state index is 14.6. The van der Waals surface area contributed by atoms with Crippen LogP contribution in [-0.2, 0) is 15.3 Å². The molecule has 3 atom stereocenters. The molecule has 5 rings (SSSR count). The van der Waals surface area contributed by atoms with E-state index >= 15 is 0 Å². The molecule has 0 aliphatic carbocycles. The first kappa shape index (κ1) is 28.0. The predicted octanol–water partition coefficient (Wildman–Crippen LogP) is 4.23. The van der Waals surface area contributed by atoms with Gasteiger partial charge in [-0.05, 0) is 56.2 Å². The molecule has 210 valence electrons. The van der Waals surface area contributed by atoms with Crippen LogP contribution < -0.4 is 25.4 Å².